The molecule has 0 unspecified atom stereocenters. The molecule has 0 aliphatic carbocycles. The Morgan fingerprint density at radius 1 is 1.19 bits per heavy atom. The summed E-state index contributed by atoms with van der Waals surface area (Å²) in [5, 5.41) is 3.21. The summed E-state index contributed by atoms with van der Waals surface area (Å²) in [4.78, 5) is 26.2. The highest BCUT2D eigenvalue weighted by molar-refractivity contribution is 8.26. The number of hydrogen-bond acceptors (Lipinski definition) is 4. The van der Waals surface area contributed by atoms with E-state index in [0.717, 1.165) is 16.7 Å². The molecule has 0 saturated carbocycles. The van der Waals surface area contributed by atoms with Crippen molar-refractivity contribution in [3.63, 3.8) is 0 Å². The van der Waals surface area contributed by atoms with Gasteiger partial charge in [0.2, 0.25) is 5.91 Å². The normalized spacial score (nSPS) is 15.5. The van der Waals surface area contributed by atoms with Gasteiger partial charge in [0, 0.05) is 15.6 Å². The molecule has 27 heavy (non-hydrogen) atoms. The summed E-state index contributed by atoms with van der Waals surface area (Å²) in [6.45, 7) is -0.327. The molecule has 0 radical (unpaired) electrons. The molecule has 1 N–H and O–H groups in total. The van der Waals surface area contributed by atoms with Gasteiger partial charge in [0.25, 0.3) is 5.91 Å². The van der Waals surface area contributed by atoms with Crippen molar-refractivity contribution in [1.82, 2.24) is 4.90 Å². The minimum Gasteiger partial charge on any atom is -0.322 e. The molecule has 9 heteroatoms. The van der Waals surface area contributed by atoms with E-state index in [9.17, 15) is 14.0 Å². The molecule has 1 saturated heterocycles. The Bertz CT molecular complexity index is 961. The predicted octanol–water partition coefficient (Wildman–Crippen LogP) is 4.97. The van der Waals surface area contributed by atoms with Gasteiger partial charge in [0.05, 0.1) is 10.6 Å². The maximum Gasteiger partial charge on any atom is 0.266 e. The first-order valence-corrected chi connectivity index (χ1v) is 9.58. The summed E-state index contributed by atoms with van der Waals surface area (Å²) < 4.78 is 13.9. The van der Waals surface area contributed by atoms with Crippen molar-refractivity contribution in [2.24, 2.45) is 0 Å². The van der Waals surface area contributed by atoms with Gasteiger partial charge in [-0.2, -0.15) is 0 Å². The summed E-state index contributed by atoms with van der Waals surface area (Å²) in [5.74, 6) is -1.57. The van der Waals surface area contributed by atoms with E-state index < -0.39 is 17.6 Å². The number of anilines is 1. The van der Waals surface area contributed by atoms with E-state index in [1.54, 1.807) is 30.3 Å². The summed E-state index contributed by atoms with van der Waals surface area (Å²) in [6, 6.07) is 10.8. The number of nitrogens with zero attached hydrogens (tertiary/aromatic N) is 1. The van der Waals surface area contributed by atoms with Crippen molar-refractivity contribution in [2.75, 3.05) is 11.9 Å². The molecule has 2 amide bonds. The lowest BCUT2D eigenvalue weighted by Crippen LogP contribution is -2.36. The zero-order valence-electron chi connectivity index (χ0n) is 13.5. The second-order valence-corrected chi connectivity index (χ2v) is 7.92. The maximum absolute atomic E-state index is 13.6. The van der Waals surface area contributed by atoms with E-state index in [0.29, 0.717) is 20.5 Å². The van der Waals surface area contributed by atoms with Crippen LogP contribution in [-0.2, 0) is 9.59 Å². The van der Waals surface area contributed by atoms with Crippen LogP contribution in [0.25, 0.3) is 6.08 Å². The molecule has 0 bridgehead atoms. The van der Waals surface area contributed by atoms with Crippen LogP contribution in [0.3, 0.4) is 0 Å². The predicted molar refractivity (Wildman–Crippen MR) is 111 cm³/mol. The van der Waals surface area contributed by atoms with Gasteiger partial charge in [-0.3, -0.25) is 14.5 Å². The first-order chi connectivity index (χ1) is 12.9. The molecule has 4 nitrogen and oxygen atoms in total. The molecule has 1 fully saturated rings. The van der Waals surface area contributed by atoms with E-state index in [1.807, 2.05) is 0 Å². The van der Waals surface area contributed by atoms with Crippen molar-refractivity contribution >= 4 is 75.1 Å². The third-order valence-corrected chi connectivity index (χ3v) is 5.64. The van der Waals surface area contributed by atoms with Crippen LogP contribution >= 0.6 is 47.2 Å². The minimum atomic E-state index is -0.565. The average Bonchev–Trinajstić information content (AvgIpc) is 2.88. The van der Waals surface area contributed by atoms with Crippen LogP contribution < -0.4 is 5.32 Å². The van der Waals surface area contributed by atoms with E-state index >= 15 is 0 Å². The van der Waals surface area contributed by atoms with Crippen LogP contribution in [0.15, 0.2) is 47.4 Å². The van der Waals surface area contributed by atoms with E-state index in [-0.39, 0.29) is 16.6 Å². The van der Waals surface area contributed by atoms with Gasteiger partial charge >= 0.3 is 0 Å². The second-order valence-electron chi connectivity index (χ2n) is 5.43. The smallest absolute Gasteiger partial charge is 0.266 e. The summed E-state index contributed by atoms with van der Waals surface area (Å²) in [5.41, 5.74) is 0.531. The van der Waals surface area contributed by atoms with Gasteiger partial charge < -0.3 is 5.32 Å². The lowest BCUT2D eigenvalue weighted by Gasteiger charge is -2.14. The summed E-state index contributed by atoms with van der Waals surface area (Å²) >= 11 is 18.5. The second kappa shape index (κ2) is 8.39. The van der Waals surface area contributed by atoms with Gasteiger partial charge in [-0.25, -0.2) is 4.39 Å². The van der Waals surface area contributed by atoms with Gasteiger partial charge in [-0.1, -0.05) is 65.4 Å². The monoisotopic (exact) mass is 440 g/mol. The van der Waals surface area contributed by atoms with Crippen molar-refractivity contribution in [3.8, 4) is 0 Å². The Labute approximate surface area is 174 Å². The van der Waals surface area contributed by atoms with Crippen molar-refractivity contribution < 1.29 is 14.0 Å². The lowest BCUT2D eigenvalue weighted by atomic mass is 10.2. The molecule has 0 aromatic heterocycles. The number of nitrogens with one attached hydrogen (secondary N) is 1. The number of carbonyl (C=O) groups excluding carboxylic acids is 2. The number of para-hydroxylation sites is 1. The lowest BCUT2D eigenvalue weighted by molar-refractivity contribution is -0.126. The quantitative estimate of drug-likeness (QED) is 0.538. The molecule has 3 rings (SSSR count). The Morgan fingerprint density at radius 2 is 1.85 bits per heavy atom. The van der Waals surface area contributed by atoms with Crippen LogP contribution in [-0.4, -0.2) is 27.6 Å². The fourth-order valence-corrected chi connectivity index (χ4v) is 4.06. The van der Waals surface area contributed by atoms with Gasteiger partial charge in [0.1, 0.15) is 16.7 Å². The maximum atomic E-state index is 13.6. The summed E-state index contributed by atoms with van der Waals surface area (Å²) in [7, 11) is 0. The highest BCUT2D eigenvalue weighted by Crippen LogP contribution is 2.35. The number of amides is 2. The molecule has 1 aliphatic heterocycles. The summed E-state index contributed by atoms with van der Waals surface area (Å²) in [6.07, 6.45) is 1.54. The number of rotatable bonds is 4. The average molecular weight is 441 g/mol. The Balaban J connectivity index is 1.76. The van der Waals surface area contributed by atoms with Crippen molar-refractivity contribution in [1.29, 1.82) is 0 Å². The van der Waals surface area contributed by atoms with Crippen molar-refractivity contribution in [3.05, 3.63) is 68.8 Å². The Morgan fingerprint density at radius 3 is 2.52 bits per heavy atom. The topological polar surface area (TPSA) is 49.4 Å². The van der Waals surface area contributed by atoms with Gasteiger partial charge in [-0.15, -0.1) is 0 Å². The third kappa shape index (κ3) is 4.50. The Hall–Kier alpha value is -1.93. The van der Waals surface area contributed by atoms with Crippen LogP contribution in [0.4, 0.5) is 10.1 Å². The van der Waals surface area contributed by atoms with Crippen LogP contribution in [0.2, 0.25) is 10.0 Å². The molecule has 2 aromatic carbocycles. The highest BCUT2D eigenvalue weighted by Gasteiger charge is 2.33. The highest BCUT2D eigenvalue weighted by atomic mass is 35.5. The molecule has 1 aliphatic rings. The molecule has 1 heterocycles. The number of thiocarbonyl (C=S) groups is 1. The zero-order valence-corrected chi connectivity index (χ0v) is 16.7. The first kappa shape index (κ1) is 19.8. The van der Waals surface area contributed by atoms with Gasteiger partial charge in [-0.05, 0) is 30.3 Å². The largest absolute Gasteiger partial charge is 0.322 e. The van der Waals surface area contributed by atoms with Gasteiger partial charge in [0.15, 0.2) is 0 Å². The van der Waals surface area contributed by atoms with E-state index in [2.05, 4.69) is 5.32 Å². The van der Waals surface area contributed by atoms with Crippen LogP contribution in [0.1, 0.15) is 5.56 Å². The molecular weight excluding hydrogens is 430 g/mol. The third-order valence-electron chi connectivity index (χ3n) is 3.60. The number of hydrogen-bond donors (Lipinski definition) is 1. The Kier molecular flexibility index (Phi) is 6.16. The number of thioether (sulfide) groups is 1. The van der Waals surface area contributed by atoms with Crippen molar-refractivity contribution in [2.45, 2.75) is 0 Å². The fourth-order valence-electron chi connectivity index (χ4n) is 2.31. The zero-order chi connectivity index (χ0) is 19.6. The molecule has 138 valence electrons. The van der Waals surface area contributed by atoms with Crippen LogP contribution in [0, 0.1) is 5.82 Å². The van der Waals surface area contributed by atoms with E-state index in [4.69, 9.17) is 35.4 Å². The molecular formula is C18H11Cl2FN2O2S2. The minimum absolute atomic E-state index is 0.0336. The number of carbonyl (C=O) groups is 2. The SMILES string of the molecule is O=C(CN1C(=O)/C(=C/c2c(Cl)cccc2Cl)SC1=S)Nc1ccccc1F. The van der Waals surface area contributed by atoms with Crippen LogP contribution in [0.5, 0.6) is 0 Å². The molecule has 2 aromatic rings. The number of halogens is 3. The molecule has 0 atom stereocenters. The fraction of sp³-hybridized carbons (Fsp3) is 0.0556. The molecule has 0 spiro atoms. The standard InChI is InChI=1S/C18H11Cl2FN2O2S2/c19-11-4-3-5-12(20)10(11)8-15-17(25)23(18(26)27-15)9-16(24)22-14-7-2-1-6-13(14)21/h1-8H,9H2,(H,22,24)/b15-8-. The number of benzene rings is 2. The first-order valence-electron chi connectivity index (χ1n) is 7.60. The van der Waals surface area contributed by atoms with E-state index in [1.165, 1.54) is 18.2 Å².